The van der Waals surface area contributed by atoms with E-state index in [9.17, 15) is 13.2 Å². The molecule has 0 aliphatic carbocycles. The normalized spacial score (nSPS) is 10.6. The van der Waals surface area contributed by atoms with Crippen LogP contribution in [0, 0.1) is 6.92 Å². The number of hydrogen-bond donors (Lipinski definition) is 3. The number of aromatic nitrogens is 2. The fourth-order valence-corrected chi connectivity index (χ4v) is 1.91. The lowest BCUT2D eigenvalue weighted by Gasteiger charge is -2.01. The van der Waals surface area contributed by atoms with Gasteiger partial charge in [-0.25, -0.2) is 0 Å². The Kier molecular flexibility index (Phi) is 5.44. The average Bonchev–Trinajstić information content (AvgIpc) is 2.84. The van der Waals surface area contributed by atoms with E-state index < -0.39 is 16.1 Å². The maximum atomic E-state index is 10.6. The van der Waals surface area contributed by atoms with Gasteiger partial charge in [0.1, 0.15) is 6.54 Å². The molecule has 0 spiro atoms. The van der Waals surface area contributed by atoms with E-state index in [1.165, 1.54) is 22.9 Å². The minimum Gasteiger partial charge on any atom is -0.480 e. The van der Waals surface area contributed by atoms with E-state index in [-0.39, 0.29) is 11.4 Å². The Morgan fingerprint density at radius 3 is 2.52 bits per heavy atom. The van der Waals surface area contributed by atoms with E-state index in [0.717, 1.165) is 0 Å². The largest absolute Gasteiger partial charge is 0.480 e. The monoisotopic (exact) mass is 313 g/mol. The molecule has 0 aliphatic heterocycles. The van der Waals surface area contributed by atoms with Crippen LogP contribution >= 0.6 is 0 Å². The number of nitrogen functional groups attached to an aromatic ring is 1. The summed E-state index contributed by atoms with van der Waals surface area (Å²) in [5.41, 5.74) is 6.59. The van der Waals surface area contributed by atoms with Crippen LogP contribution in [0.15, 0.2) is 41.6 Å². The molecule has 0 atom stereocenters. The number of rotatable bonds is 3. The van der Waals surface area contributed by atoms with Crippen LogP contribution in [0.3, 0.4) is 0 Å². The topological polar surface area (TPSA) is 136 Å². The van der Waals surface area contributed by atoms with Gasteiger partial charge in [-0.3, -0.25) is 14.0 Å². The molecule has 0 saturated carbocycles. The fraction of sp³-hybridized carbons (Fsp3) is 0.167. The number of nitrogens with zero attached hydrogens (tertiary/aromatic N) is 2. The number of carboxylic acid groups (broad SMARTS) is 1. The second-order valence-corrected chi connectivity index (χ2v) is 5.51. The second-order valence-electron chi connectivity index (χ2n) is 4.09. The first-order valence-electron chi connectivity index (χ1n) is 5.73. The van der Waals surface area contributed by atoms with E-state index >= 15 is 0 Å². The molecule has 8 nitrogen and oxygen atoms in total. The van der Waals surface area contributed by atoms with Crippen molar-refractivity contribution in [2.24, 2.45) is 0 Å². The van der Waals surface area contributed by atoms with E-state index in [1.807, 2.05) is 0 Å². The minimum atomic E-state index is -4.10. The summed E-state index contributed by atoms with van der Waals surface area (Å²) in [5.74, 6) is -0.876. The van der Waals surface area contributed by atoms with Crippen LogP contribution in [-0.4, -0.2) is 33.8 Å². The van der Waals surface area contributed by atoms with Crippen molar-refractivity contribution in [3.8, 4) is 0 Å². The van der Waals surface area contributed by atoms with Crippen molar-refractivity contribution in [2.45, 2.75) is 18.4 Å². The van der Waals surface area contributed by atoms with Crippen molar-refractivity contribution in [2.75, 3.05) is 5.73 Å². The van der Waals surface area contributed by atoms with Crippen molar-refractivity contribution in [3.05, 3.63) is 42.2 Å². The number of carboxylic acids is 1. The Hall–Kier alpha value is -2.39. The maximum absolute atomic E-state index is 10.6. The SMILES string of the molecule is Cc1cc(S(=O)(=O)O)ccc1N.O=C(O)Cn1cccn1. The summed E-state index contributed by atoms with van der Waals surface area (Å²) in [6, 6.07) is 5.71. The first-order valence-corrected chi connectivity index (χ1v) is 7.17. The fourth-order valence-electron chi connectivity index (χ4n) is 1.34. The summed E-state index contributed by atoms with van der Waals surface area (Å²) in [6.07, 6.45) is 3.15. The first kappa shape index (κ1) is 16.7. The lowest BCUT2D eigenvalue weighted by molar-refractivity contribution is -0.137. The molecule has 9 heteroatoms. The summed E-state index contributed by atoms with van der Waals surface area (Å²) in [6.45, 7) is 1.61. The number of aliphatic carboxylic acids is 1. The maximum Gasteiger partial charge on any atom is 0.325 e. The van der Waals surface area contributed by atoms with Crippen molar-refractivity contribution in [3.63, 3.8) is 0 Å². The van der Waals surface area contributed by atoms with Gasteiger partial charge in [-0.05, 0) is 36.8 Å². The van der Waals surface area contributed by atoms with Gasteiger partial charge in [0.25, 0.3) is 10.1 Å². The third kappa shape index (κ3) is 5.63. The molecule has 114 valence electrons. The van der Waals surface area contributed by atoms with Gasteiger partial charge >= 0.3 is 5.97 Å². The van der Waals surface area contributed by atoms with E-state index in [4.69, 9.17) is 15.4 Å². The molecule has 0 amide bonds. The molecule has 0 fully saturated rings. The van der Waals surface area contributed by atoms with Crippen LogP contribution in [-0.2, 0) is 21.5 Å². The summed E-state index contributed by atoms with van der Waals surface area (Å²) < 4.78 is 31.2. The molecule has 2 rings (SSSR count). The third-order valence-electron chi connectivity index (χ3n) is 2.40. The highest BCUT2D eigenvalue weighted by Gasteiger charge is 2.09. The summed E-state index contributed by atoms with van der Waals surface area (Å²) in [5, 5.41) is 11.9. The van der Waals surface area contributed by atoms with Crippen LogP contribution < -0.4 is 5.73 Å². The summed E-state index contributed by atoms with van der Waals surface area (Å²) >= 11 is 0. The highest BCUT2D eigenvalue weighted by Crippen LogP contribution is 2.16. The Morgan fingerprint density at radius 2 is 2.10 bits per heavy atom. The summed E-state index contributed by atoms with van der Waals surface area (Å²) in [4.78, 5) is 9.88. The van der Waals surface area contributed by atoms with Crippen molar-refractivity contribution in [1.29, 1.82) is 0 Å². The number of aryl methyl sites for hydroxylation is 1. The number of anilines is 1. The van der Waals surface area contributed by atoms with Crippen molar-refractivity contribution < 1.29 is 22.9 Å². The first-order chi connectivity index (χ1) is 9.70. The third-order valence-corrected chi connectivity index (χ3v) is 3.25. The summed E-state index contributed by atoms with van der Waals surface area (Å²) in [7, 11) is -4.10. The van der Waals surface area contributed by atoms with Gasteiger partial charge < -0.3 is 10.8 Å². The molecule has 0 aliphatic rings. The van der Waals surface area contributed by atoms with Crippen LogP contribution in [0.1, 0.15) is 5.56 Å². The lowest BCUT2D eigenvalue weighted by Crippen LogP contribution is -2.08. The predicted molar refractivity (Wildman–Crippen MR) is 75.3 cm³/mol. The number of carbonyl (C=O) groups is 1. The molecule has 0 saturated heterocycles. The van der Waals surface area contributed by atoms with Crippen molar-refractivity contribution in [1.82, 2.24) is 9.78 Å². The standard InChI is InChI=1S/C7H9NO3S.C5H6N2O2/c1-5-4-6(12(9,10)11)2-3-7(5)8;8-5(9)4-7-3-1-2-6-7/h2-4H,8H2,1H3,(H,9,10,11);1-3H,4H2,(H,8,9). The predicted octanol–water partition coefficient (Wildman–Crippen LogP) is 0.792. The van der Waals surface area contributed by atoms with Gasteiger partial charge in [0.15, 0.2) is 0 Å². The van der Waals surface area contributed by atoms with Gasteiger partial charge in [0.2, 0.25) is 0 Å². The van der Waals surface area contributed by atoms with Gasteiger partial charge in [-0.15, -0.1) is 0 Å². The van der Waals surface area contributed by atoms with Gasteiger partial charge in [0, 0.05) is 18.1 Å². The second kappa shape index (κ2) is 6.86. The molecule has 0 bridgehead atoms. The molecule has 1 aromatic carbocycles. The zero-order valence-electron chi connectivity index (χ0n) is 11.2. The molecule has 1 aromatic heterocycles. The molecule has 4 N–H and O–H groups in total. The molecule has 1 heterocycles. The molecule has 0 unspecified atom stereocenters. The van der Waals surface area contributed by atoms with E-state index in [1.54, 1.807) is 25.4 Å². The smallest absolute Gasteiger partial charge is 0.325 e. The molecule has 21 heavy (non-hydrogen) atoms. The molecular weight excluding hydrogens is 298 g/mol. The molecular formula is C12H15N3O5S. The highest BCUT2D eigenvalue weighted by atomic mass is 32.2. The lowest BCUT2D eigenvalue weighted by atomic mass is 10.2. The van der Waals surface area contributed by atoms with Gasteiger partial charge in [-0.2, -0.15) is 13.5 Å². The number of hydrogen-bond acceptors (Lipinski definition) is 5. The van der Waals surface area contributed by atoms with Crippen LogP contribution in [0.5, 0.6) is 0 Å². The zero-order chi connectivity index (χ0) is 16.0. The van der Waals surface area contributed by atoms with E-state index in [0.29, 0.717) is 11.3 Å². The van der Waals surface area contributed by atoms with Gasteiger partial charge in [0.05, 0.1) is 4.90 Å². The minimum absolute atomic E-state index is 0.0625. The molecule has 0 radical (unpaired) electrons. The van der Waals surface area contributed by atoms with Crippen LogP contribution in [0.4, 0.5) is 5.69 Å². The number of nitrogens with two attached hydrogens (primary N) is 1. The number of benzene rings is 1. The average molecular weight is 313 g/mol. The quantitative estimate of drug-likeness (QED) is 0.563. The Bertz CT molecular complexity index is 710. The van der Waals surface area contributed by atoms with E-state index in [2.05, 4.69) is 5.10 Å². The highest BCUT2D eigenvalue weighted by molar-refractivity contribution is 7.85. The van der Waals surface area contributed by atoms with Crippen LogP contribution in [0.25, 0.3) is 0 Å². The molecule has 2 aromatic rings. The van der Waals surface area contributed by atoms with Crippen LogP contribution in [0.2, 0.25) is 0 Å². The Morgan fingerprint density at radius 1 is 1.43 bits per heavy atom. The van der Waals surface area contributed by atoms with Gasteiger partial charge in [-0.1, -0.05) is 0 Å². The zero-order valence-corrected chi connectivity index (χ0v) is 12.0. The van der Waals surface area contributed by atoms with Crippen molar-refractivity contribution >= 4 is 21.8 Å². The Labute approximate surface area is 121 Å². The Balaban J connectivity index is 0.000000219.